The van der Waals surface area contributed by atoms with Crippen LogP contribution >= 0.6 is 0 Å². The smallest absolute Gasteiger partial charge is 0.211 e. The number of phenolic OH excluding ortho intramolecular Hbond substituents is 1. The van der Waals surface area contributed by atoms with E-state index >= 15 is 0 Å². The zero-order valence-electron chi connectivity index (χ0n) is 14.8. The molecule has 0 aliphatic rings. The highest BCUT2D eigenvalue weighted by atomic mass is 16.6. The molecule has 0 saturated carbocycles. The second kappa shape index (κ2) is 10.9. The van der Waals surface area contributed by atoms with Gasteiger partial charge in [0, 0.05) is 6.07 Å². The molecule has 1 rings (SSSR count). The summed E-state index contributed by atoms with van der Waals surface area (Å²) in [4.78, 5) is 0. The van der Waals surface area contributed by atoms with E-state index in [4.69, 9.17) is 18.9 Å². The molecule has 0 saturated heterocycles. The maximum atomic E-state index is 10.3. The van der Waals surface area contributed by atoms with Crippen LogP contribution < -0.4 is 18.9 Å². The summed E-state index contributed by atoms with van der Waals surface area (Å²) in [6.45, 7) is 10.2. The second-order valence-electron chi connectivity index (χ2n) is 5.28. The standard InChI is InChI=1S/C18H30O5/c1-5-9-20-15-13-14(19)16(21-10-6-2)18(23-12-8-4)17(15)22-11-7-3/h13,19H,5-12H2,1-4H3. The monoisotopic (exact) mass is 326 g/mol. The Hall–Kier alpha value is -1.78. The molecule has 0 atom stereocenters. The van der Waals surface area contributed by atoms with Gasteiger partial charge >= 0.3 is 0 Å². The fraction of sp³-hybridized carbons (Fsp3) is 0.667. The summed E-state index contributed by atoms with van der Waals surface area (Å²) < 4.78 is 23.1. The van der Waals surface area contributed by atoms with Gasteiger partial charge in [-0.25, -0.2) is 0 Å². The molecule has 1 aromatic carbocycles. The molecule has 132 valence electrons. The van der Waals surface area contributed by atoms with Crippen LogP contribution in [0.3, 0.4) is 0 Å². The van der Waals surface area contributed by atoms with Crippen molar-refractivity contribution in [3.8, 4) is 28.7 Å². The van der Waals surface area contributed by atoms with Crippen LogP contribution in [-0.4, -0.2) is 31.5 Å². The number of hydrogen-bond donors (Lipinski definition) is 1. The van der Waals surface area contributed by atoms with Crippen molar-refractivity contribution in [2.45, 2.75) is 53.4 Å². The average molecular weight is 326 g/mol. The Bertz CT molecular complexity index is 459. The first-order chi connectivity index (χ1) is 11.2. The van der Waals surface area contributed by atoms with Gasteiger partial charge < -0.3 is 24.1 Å². The molecule has 0 aromatic heterocycles. The van der Waals surface area contributed by atoms with E-state index in [1.54, 1.807) is 6.07 Å². The van der Waals surface area contributed by atoms with Crippen LogP contribution in [0.15, 0.2) is 6.07 Å². The number of rotatable bonds is 12. The third-order valence-corrected chi connectivity index (χ3v) is 2.95. The predicted octanol–water partition coefficient (Wildman–Crippen LogP) is 4.55. The summed E-state index contributed by atoms with van der Waals surface area (Å²) in [5.41, 5.74) is 0. The molecule has 23 heavy (non-hydrogen) atoms. The van der Waals surface area contributed by atoms with Gasteiger partial charge in [0.2, 0.25) is 17.2 Å². The van der Waals surface area contributed by atoms with Gasteiger partial charge in [0.25, 0.3) is 0 Å². The Labute approximate surface area is 139 Å². The Morgan fingerprint density at radius 2 is 1.09 bits per heavy atom. The van der Waals surface area contributed by atoms with Crippen LogP contribution in [0.5, 0.6) is 28.7 Å². The minimum absolute atomic E-state index is 0.0134. The van der Waals surface area contributed by atoms with Crippen LogP contribution in [0.1, 0.15) is 53.4 Å². The normalized spacial score (nSPS) is 10.4. The van der Waals surface area contributed by atoms with Gasteiger partial charge in [-0.2, -0.15) is 0 Å². The van der Waals surface area contributed by atoms with Gasteiger partial charge in [0.05, 0.1) is 26.4 Å². The van der Waals surface area contributed by atoms with Crippen molar-refractivity contribution in [3.05, 3.63) is 6.07 Å². The lowest BCUT2D eigenvalue weighted by atomic mass is 10.2. The zero-order chi connectivity index (χ0) is 17.1. The van der Waals surface area contributed by atoms with E-state index < -0.39 is 0 Å². The second-order valence-corrected chi connectivity index (χ2v) is 5.28. The third kappa shape index (κ3) is 5.73. The number of hydrogen-bond acceptors (Lipinski definition) is 5. The van der Waals surface area contributed by atoms with Gasteiger partial charge in [-0.3, -0.25) is 0 Å². The van der Waals surface area contributed by atoms with Crippen molar-refractivity contribution < 1.29 is 24.1 Å². The Balaban J connectivity index is 3.26. The molecular weight excluding hydrogens is 296 g/mol. The van der Waals surface area contributed by atoms with E-state index in [1.807, 2.05) is 27.7 Å². The first-order valence-corrected chi connectivity index (χ1v) is 8.60. The van der Waals surface area contributed by atoms with Crippen LogP contribution in [0.4, 0.5) is 0 Å². The van der Waals surface area contributed by atoms with Crippen LogP contribution in [0, 0.1) is 0 Å². The SMILES string of the molecule is CCCOc1cc(O)c(OCCC)c(OCCC)c1OCCC. The number of aromatic hydroxyl groups is 1. The van der Waals surface area contributed by atoms with Gasteiger partial charge in [0.15, 0.2) is 11.5 Å². The van der Waals surface area contributed by atoms with Crippen molar-refractivity contribution >= 4 is 0 Å². The fourth-order valence-corrected chi connectivity index (χ4v) is 1.93. The third-order valence-electron chi connectivity index (χ3n) is 2.95. The molecule has 0 bridgehead atoms. The van der Waals surface area contributed by atoms with E-state index in [1.165, 1.54) is 0 Å². The van der Waals surface area contributed by atoms with Gasteiger partial charge in [-0.15, -0.1) is 0 Å². The van der Waals surface area contributed by atoms with Crippen molar-refractivity contribution in [2.75, 3.05) is 26.4 Å². The fourth-order valence-electron chi connectivity index (χ4n) is 1.93. The summed E-state index contributed by atoms with van der Waals surface area (Å²) in [7, 11) is 0. The van der Waals surface area contributed by atoms with Crippen molar-refractivity contribution in [3.63, 3.8) is 0 Å². The first-order valence-electron chi connectivity index (χ1n) is 8.60. The highest BCUT2D eigenvalue weighted by Crippen LogP contribution is 2.50. The molecule has 1 aromatic rings. The minimum Gasteiger partial charge on any atom is -0.504 e. The molecule has 0 spiro atoms. The maximum absolute atomic E-state index is 10.3. The number of benzene rings is 1. The van der Waals surface area contributed by atoms with Crippen molar-refractivity contribution in [1.29, 1.82) is 0 Å². The predicted molar refractivity (Wildman–Crippen MR) is 91.3 cm³/mol. The molecular formula is C18H30O5. The van der Waals surface area contributed by atoms with Crippen LogP contribution in [0.25, 0.3) is 0 Å². The van der Waals surface area contributed by atoms with Crippen LogP contribution in [-0.2, 0) is 0 Å². The lowest BCUT2D eigenvalue weighted by molar-refractivity contribution is 0.221. The van der Waals surface area contributed by atoms with E-state index in [9.17, 15) is 5.11 Å². The van der Waals surface area contributed by atoms with Crippen LogP contribution in [0.2, 0.25) is 0 Å². The molecule has 5 nitrogen and oxygen atoms in total. The molecule has 0 amide bonds. The average Bonchev–Trinajstić information content (AvgIpc) is 2.56. The summed E-state index contributed by atoms with van der Waals surface area (Å²) >= 11 is 0. The van der Waals surface area contributed by atoms with E-state index in [0.717, 1.165) is 25.7 Å². The van der Waals surface area contributed by atoms with Crippen molar-refractivity contribution in [2.24, 2.45) is 0 Å². The zero-order valence-corrected chi connectivity index (χ0v) is 14.8. The Morgan fingerprint density at radius 1 is 0.652 bits per heavy atom. The minimum atomic E-state index is 0.0134. The first kappa shape index (κ1) is 19.3. The molecule has 0 unspecified atom stereocenters. The van der Waals surface area contributed by atoms with Gasteiger partial charge in [0.1, 0.15) is 0 Å². The highest BCUT2D eigenvalue weighted by molar-refractivity contribution is 5.65. The largest absolute Gasteiger partial charge is 0.504 e. The molecule has 0 fully saturated rings. The van der Waals surface area contributed by atoms with E-state index in [-0.39, 0.29) is 5.75 Å². The summed E-state index contributed by atoms with van der Waals surface area (Å²) in [6, 6.07) is 1.55. The lowest BCUT2D eigenvalue weighted by Gasteiger charge is -2.20. The van der Waals surface area contributed by atoms with Gasteiger partial charge in [-0.05, 0) is 25.7 Å². The molecule has 0 aliphatic heterocycles. The topological polar surface area (TPSA) is 57.2 Å². The lowest BCUT2D eigenvalue weighted by Crippen LogP contribution is -2.07. The summed E-state index contributed by atoms with van der Waals surface area (Å²) in [5, 5.41) is 10.3. The van der Waals surface area contributed by atoms with Gasteiger partial charge in [-0.1, -0.05) is 27.7 Å². The summed E-state index contributed by atoms with van der Waals surface area (Å²) in [5.74, 6) is 1.78. The maximum Gasteiger partial charge on any atom is 0.211 e. The molecule has 5 heteroatoms. The molecule has 0 radical (unpaired) electrons. The molecule has 1 N–H and O–H groups in total. The Kier molecular flexibility index (Phi) is 9.10. The van der Waals surface area contributed by atoms with E-state index in [2.05, 4.69) is 0 Å². The molecule has 0 aliphatic carbocycles. The summed E-state index contributed by atoms with van der Waals surface area (Å²) in [6.07, 6.45) is 3.42. The highest BCUT2D eigenvalue weighted by Gasteiger charge is 2.23. The van der Waals surface area contributed by atoms with Crippen molar-refractivity contribution in [1.82, 2.24) is 0 Å². The number of ether oxygens (including phenoxy) is 4. The quantitative estimate of drug-likeness (QED) is 0.611. The number of phenols is 1. The Morgan fingerprint density at radius 3 is 1.61 bits per heavy atom. The molecule has 0 heterocycles. The van der Waals surface area contributed by atoms with E-state index in [0.29, 0.717) is 49.4 Å².